The number of nitrogens with one attached hydrogen (secondary N) is 1. The van der Waals surface area contributed by atoms with Crippen LogP contribution in [0.25, 0.3) is 0 Å². The number of carboxylic acids is 1. The van der Waals surface area contributed by atoms with E-state index < -0.39 is 28.0 Å². The average molecular weight is 297 g/mol. The number of carbonyl (C=O) groups is 1. The maximum Gasteiger partial charge on any atom is 0.338 e. The minimum Gasteiger partial charge on any atom is -0.478 e. The van der Waals surface area contributed by atoms with Crippen LogP contribution in [0.4, 0.5) is 20.9 Å². The Balaban J connectivity index is 2.48. The molecule has 0 atom stereocenters. The van der Waals surface area contributed by atoms with Crippen LogP contribution < -0.4 is 5.32 Å². The highest BCUT2D eigenvalue weighted by atomic mass is 32.1. The molecular formula is C11H8FN3O4S. The SMILES string of the molecule is Cc1cnc(Nc2cc(F)c(C(=O)O)cc2[N+](=O)[O-])s1. The van der Waals surface area contributed by atoms with Crippen molar-refractivity contribution in [2.45, 2.75) is 6.92 Å². The Morgan fingerprint density at radius 1 is 1.55 bits per heavy atom. The molecule has 2 N–H and O–H groups in total. The molecule has 20 heavy (non-hydrogen) atoms. The number of aromatic carboxylic acids is 1. The Kier molecular flexibility index (Phi) is 3.61. The summed E-state index contributed by atoms with van der Waals surface area (Å²) < 4.78 is 13.6. The molecule has 0 fully saturated rings. The van der Waals surface area contributed by atoms with Crippen molar-refractivity contribution in [3.8, 4) is 0 Å². The summed E-state index contributed by atoms with van der Waals surface area (Å²) in [6.07, 6.45) is 1.56. The van der Waals surface area contributed by atoms with Gasteiger partial charge in [-0.25, -0.2) is 14.2 Å². The number of thiazole rings is 1. The van der Waals surface area contributed by atoms with E-state index in [9.17, 15) is 19.3 Å². The number of aromatic nitrogens is 1. The number of nitro benzene ring substituents is 1. The Morgan fingerprint density at radius 2 is 2.25 bits per heavy atom. The summed E-state index contributed by atoms with van der Waals surface area (Å²) in [5.74, 6) is -2.62. The van der Waals surface area contributed by atoms with E-state index in [0.717, 1.165) is 10.9 Å². The van der Waals surface area contributed by atoms with Gasteiger partial charge in [0.05, 0.1) is 4.92 Å². The molecule has 1 heterocycles. The third kappa shape index (κ3) is 2.72. The van der Waals surface area contributed by atoms with Gasteiger partial charge in [-0.2, -0.15) is 0 Å². The number of nitrogens with zero attached hydrogens (tertiary/aromatic N) is 2. The van der Waals surface area contributed by atoms with Crippen molar-refractivity contribution in [3.63, 3.8) is 0 Å². The van der Waals surface area contributed by atoms with Crippen LogP contribution in [0.15, 0.2) is 18.3 Å². The van der Waals surface area contributed by atoms with Crippen LogP contribution in [0.1, 0.15) is 15.2 Å². The number of hydrogen-bond donors (Lipinski definition) is 2. The van der Waals surface area contributed by atoms with Gasteiger partial charge in [-0.05, 0) is 6.92 Å². The van der Waals surface area contributed by atoms with Gasteiger partial charge in [-0.1, -0.05) is 0 Å². The highest BCUT2D eigenvalue weighted by Crippen LogP contribution is 2.31. The van der Waals surface area contributed by atoms with Crippen molar-refractivity contribution in [1.82, 2.24) is 4.98 Å². The van der Waals surface area contributed by atoms with E-state index in [1.54, 1.807) is 13.1 Å². The Bertz CT molecular complexity index is 701. The normalized spacial score (nSPS) is 10.3. The van der Waals surface area contributed by atoms with Crippen molar-refractivity contribution in [2.24, 2.45) is 0 Å². The van der Waals surface area contributed by atoms with Crippen LogP contribution >= 0.6 is 11.3 Å². The number of aryl methyl sites for hydroxylation is 1. The summed E-state index contributed by atoms with van der Waals surface area (Å²) in [6, 6.07) is 1.46. The lowest BCUT2D eigenvalue weighted by Gasteiger charge is -2.06. The zero-order chi connectivity index (χ0) is 14.9. The van der Waals surface area contributed by atoms with Crippen LogP contribution in [0, 0.1) is 22.9 Å². The fraction of sp³-hybridized carbons (Fsp3) is 0.0909. The first-order valence-electron chi connectivity index (χ1n) is 5.29. The number of nitro groups is 1. The molecule has 7 nitrogen and oxygen atoms in total. The van der Waals surface area contributed by atoms with Crippen molar-refractivity contribution >= 4 is 33.8 Å². The van der Waals surface area contributed by atoms with Gasteiger partial charge >= 0.3 is 5.97 Å². The molecule has 0 saturated heterocycles. The van der Waals surface area contributed by atoms with Crippen molar-refractivity contribution < 1.29 is 19.2 Å². The molecule has 0 radical (unpaired) electrons. The maximum atomic E-state index is 13.6. The first-order chi connectivity index (χ1) is 9.38. The van der Waals surface area contributed by atoms with E-state index in [-0.39, 0.29) is 5.69 Å². The number of rotatable bonds is 4. The predicted molar refractivity (Wildman–Crippen MR) is 70.1 cm³/mol. The van der Waals surface area contributed by atoms with E-state index in [1.807, 2.05) is 0 Å². The number of halogens is 1. The molecule has 0 bridgehead atoms. The molecule has 0 unspecified atom stereocenters. The lowest BCUT2D eigenvalue weighted by atomic mass is 10.1. The first-order valence-corrected chi connectivity index (χ1v) is 6.11. The number of carboxylic acid groups (broad SMARTS) is 1. The zero-order valence-corrected chi connectivity index (χ0v) is 10.9. The van der Waals surface area contributed by atoms with Crippen LogP contribution in [0.2, 0.25) is 0 Å². The zero-order valence-electron chi connectivity index (χ0n) is 10.1. The molecule has 9 heteroatoms. The Morgan fingerprint density at radius 3 is 2.75 bits per heavy atom. The summed E-state index contributed by atoms with van der Waals surface area (Å²) in [6.45, 7) is 1.80. The summed E-state index contributed by atoms with van der Waals surface area (Å²) >= 11 is 1.24. The fourth-order valence-electron chi connectivity index (χ4n) is 1.50. The van der Waals surface area contributed by atoms with Gasteiger partial charge < -0.3 is 10.4 Å². The second-order valence-corrected chi connectivity index (χ2v) is 5.05. The quantitative estimate of drug-likeness (QED) is 0.664. The van der Waals surface area contributed by atoms with Crippen LogP contribution in [-0.4, -0.2) is 21.0 Å². The lowest BCUT2D eigenvalue weighted by molar-refractivity contribution is -0.384. The smallest absolute Gasteiger partial charge is 0.338 e. The maximum absolute atomic E-state index is 13.6. The van der Waals surface area contributed by atoms with E-state index >= 15 is 0 Å². The molecule has 104 valence electrons. The molecule has 0 aliphatic carbocycles. The lowest BCUT2D eigenvalue weighted by Crippen LogP contribution is -2.05. The molecule has 2 rings (SSSR count). The minimum atomic E-state index is -1.57. The summed E-state index contributed by atoms with van der Waals surface area (Å²) in [5.41, 5.74) is -1.43. The third-order valence-corrected chi connectivity index (χ3v) is 3.20. The van der Waals surface area contributed by atoms with Gasteiger partial charge in [0.1, 0.15) is 17.1 Å². The average Bonchev–Trinajstić information content (AvgIpc) is 2.74. The van der Waals surface area contributed by atoms with E-state index in [4.69, 9.17) is 5.11 Å². The van der Waals surface area contributed by atoms with Crippen molar-refractivity contribution in [1.29, 1.82) is 0 Å². The summed E-state index contributed by atoms with van der Waals surface area (Å²) in [5, 5.41) is 22.7. The molecule has 0 saturated carbocycles. The highest BCUT2D eigenvalue weighted by Gasteiger charge is 2.22. The predicted octanol–water partition coefficient (Wildman–Crippen LogP) is 2.94. The van der Waals surface area contributed by atoms with E-state index in [0.29, 0.717) is 11.2 Å². The third-order valence-electron chi connectivity index (χ3n) is 2.38. The standard InChI is InChI=1S/C11H8FN3O4S/c1-5-4-13-11(20-5)14-8-3-7(12)6(10(16)17)2-9(8)15(18)19/h2-4H,1H3,(H,13,14)(H,16,17). The molecule has 0 spiro atoms. The van der Waals surface area contributed by atoms with Gasteiger partial charge in [0.25, 0.3) is 5.69 Å². The van der Waals surface area contributed by atoms with Gasteiger partial charge in [0.2, 0.25) is 0 Å². The summed E-state index contributed by atoms with van der Waals surface area (Å²) in [7, 11) is 0. The van der Waals surface area contributed by atoms with Gasteiger partial charge in [-0.15, -0.1) is 11.3 Å². The van der Waals surface area contributed by atoms with Crippen LogP contribution in [0.3, 0.4) is 0 Å². The number of benzene rings is 1. The van der Waals surface area contributed by atoms with Gasteiger partial charge in [0.15, 0.2) is 5.13 Å². The van der Waals surface area contributed by atoms with Crippen LogP contribution in [0.5, 0.6) is 0 Å². The topological polar surface area (TPSA) is 105 Å². The molecule has 0 aliphatic rings. The highest BCUT2D eigenvalue weighted by molar-refractivity contribution is 7.15. The van der Waals surface area contributed by atoms with Gasteiger partial charge in [0, 0.05) is 23.2 Å². The van der Waals surface area contributed by atoms with E-state index in [2.05, 4.69) is 10.3 Å². The molecule has 0 amide bonds. The largest absolute Gasteiger partial charge is 0.478 e. The Hall–Kier alpha value is -2.55. The first kappa shape index (κ1) is 13.9. The molecule has 1 aromatic heterocycles. The summed E-state index contributed by atoms with van der Waals surface area (Å²) in [4.78, 5) is 25.7. The van der Waals surface area contributed by atoms with E-state index in [1.165, 1.54) is 11.3 Å². The molecule has 1 aromatic carbocycles. The molecule has 0 aliphatic heterocycles. The van der Waals surface area contributed by atoms with Crippen molar-refractivity contribution in [3.05, 3.63) is 44.7 Å². The van der Waals surface area contributed by atoms with Crippen molar-refractivity contribution in [2.75, 3.05) is 5.32 Å². The number of hydrogen-bond acceptors (Lipinski definition) is 6. The molecule has 2 aromatic rings. The second-order valence-electron chi connectivity index (χ2n) is 3.81. The fourth-order valence-corrected chi connectivity index (χ4v) is 2.18. The second kappa shape index (κ2) is 5.21. The molecular weight excluding hydrogens is 289 g/mol. The monoisotopic (exact) mass is 297 g/mol. The Labute approximate surface area is 115 Å². The van der Waals surface area contributed by atoms with Gasteiger partial charge in [-0.3, -0.25) is 10.1 Å². The number of anilines is 2. The minimum absolute atomic E-state index is 0.146. The van der Waals surface area contributed by atoms with Crippen LogP contribution in [-0.2, 0) is 0 Å².